The first-order valence-electron chi connectivity index (χ1n) is 5.23. The van der Waals surface area contributed by atoms with Gasteiger partial charge in [-0.05, 0) is 6.42 Å². The van der Waals surface area contributed by atoms with Crippen LogP contribution in [0.25, 0.3) is 0 Å². The molecule has 0 spiro atoms. The maximum atomic E-state index is 11.5. The summed E-state index contributed by atoms with van der Waals surface area (Å²) >= 11 is 1.16. The molecule has 1 aromatic heterocycles. The highest BCUT2D eigenvalue weighted by molar-refractivity contribution is 7.17. The minimum Gasteiger partial charge on any atom is -0.360 e. The van der Waals surface area contributed by atoms with E-state index in [-0.39, 0.29) is 17.5 Å². The SMILES string of the molecule is CCCNc1nnc(C(=O)NCC(=O)NC)s1. The van der Waals surface area contributed by atoms with Crippen LogP contribution in [0, 0.1) is 0 Å². The maximum Gasteiger partial charge on any atom is 0.282 e. The molecule has 0 atom stereocenters. The second-order valence-corrected chi connectivity index (χ2v) is 4.17. The molecule has 0 radical (unpaired) electrons. The van der Waals surface area contributed by atoms with E-state index in [1.54, 1.807) is 0 Å². The molecule has 0 bridgehead atoms. The molecule has 1 aromatic rings. The minimum absolute atomic E-state index is 0.0629. The molecule has 0 saturated carbocycles. The van der Waals surface area contributed by atoms with Gasteiger partial charge in [-0.1, -0.05) is 18.3 Å². The van der Waals surface area contributed by atoms with E-state index < -0.39 is 5.91 Å². The number of carbonyl (C=O) groups is 2. The summed E-state index contributed by atoms with van der Waals surface area (Å²) in [5.41, 5.74) is 0. The van der Waals surface area contributed by atoms with E-state index in [2.05, 4.69) is 26.1 Å². The van der Waals surface area contributed by atoms with Crippen LogP contribution in [0.4, 0.5) is 5.13 Å². The van der Waals surface area contributed by atoms with Crippen LogP contribution in [0.1, 0.15) is 23.1 Å². The molecule has 0 aliphatic rings. The monoisotopic (exact) mass is 257 g/mol. The lowest BCUT2D eigenvalue weighted by Gasteiger charge is -2.00. The molecule has 0 fully saturated rings. The number of anilines is 1. The minimum atomic E-state index is -0.393. The van der Waals surface area contributed by atoms with Crippen LogP contribution >= 0.6 is 11.3 Å². The summed E-state index contributed by atoms with van der Waals surface area (Å²) in [6.45, 7) is 2.76. The van der Waals surface area contributed by atoms with Gasteiger partial charge in [0.15, 0.2) is 0 Å². The van der Waals surface area contributed by atoms with E-state index >= 15 is 0 Å². The second-order valence-electron chi connectivity index (χ2n) is 3.19. The third-order valence-electron chi connectivity index (χ3n) is 1.83. The number of amides is 2. The molecule has 94 valence electrons. The number of rotatable bonds is 6. The van der Waals surface area contributed by atoms with Gasteiger partial charge >= 0.3 is 0 Å². The van der Waals surface area contributed by atoms with Gasteiger partial charge < -0.3 is 16.0 Å². The Kier molecular flexibility index (Phi) is 5.34. The van der Waals surface area contributed by atoms with Crippen molar-refractivity contribution in [1.29, 1.82) is 0 Å². The highest BCUT2D eigenvalue weighted by atomic mass is 32.1. The van der Waals surface area contributed by atoms with Crippen molar-refractivity contribution in [3.63, 3.8) is 0 Å². The Morgan fingerprint density at radius 1 is 1.35 bits per heavy atom. The molecular formula is C9H15N5O2S. The van der Waals surface area contributed by atoms with E-state index in [1.165, 1.54) is 7.05 Å². The lowest BCUT2D eigenvalue weighted by Crippen LogP contribution is -2.35. The third-order valence-corrected chi connectivity index (χ3v) is 2.71. The van der Waals surface area contributed by atoms with Crippen LogP contribution in [0.15, 0.2) is 0 Å². The molecular weight excluding hydrogens is 242 g/mol. The van der Waals surface area contributed by atoms with Gasteiger partial charge in [0.2, 0.25) is 16.0 Å². The van der Waals surface area contributed by atoms with Crippen LogP contribution in [0.2, 0.25) is 0 Å². The zero-order valence-corrected chi connectivity index (χ0v) is 10.6. The van der Waals surface area contributed by atoms with Gasteiger partial charge in [0.25, 0.3) is 5.91 Å². The zero-order valence-electron chi connectivity index (χ0n) is 9.74. The first-order valence-corrected chi connectivity index (χ1v) is 6.05. The van der Waals surface area contributed by atoms with Crippen molar-refractivity contribution in [3.8, 4) is 0 Å². The number of nitrogens with one attached hydrogen (secondary N) is 3. The average molecular weight is 257 g/mol. The Morgan fingerprint density at radius 2 is 2.12 bits per heavy atom. The molecule has 0 aliphatic carbocycles. The quantitative estimate of drug-likeness (QED) is 0.658. The summed E-state index contributed by atoms with van der Waals surface area (Å²) in [7, 11) is 1.51. The molecule has 0 aromatic carbocycles. The smallest absolute Gasteiger partial charge is 0.282 e. The van der Waals surface area contributed by atoms with E-state index in [9.17, 15) is 9.59 Å². The van der Waals surface area contributed by atoms with Crippen molar-refractivity contribution >= 4 is 28.3 Å². The predicted octanol–water partition coefficient (Wildman–Crippen LogP) is -0.164. The zero-order chi connectivity index (χ0) is 12.7. The summed E-state index contributed by atoms with van der Waals surface area (Å²) in [6.07, 6.45) is 0.970. The lowest BCUT2D eigenvalue weighted by molar-refractivity contribution is -0.119. The molecule has 7 nitrogen and oxygen atoms in total. The van der Waals surface area contributed by atoms with Gasteiger partial charge in [0, 0.05) is 13.6 Å². The number of hydrogen-bond donors (Lipinski definition) is 3. The fourth-order valence-corrected chi connectivity index (χ4v) is 1.63. The Labute approximate surface area is 103 Å². The van der Waals surface area contributed by atoms with E-state index in [1.807, 2.05) is 6.92 Å². The molecule has 2 amide bonds. The summed E-state index contributed by atoms with van der Waals surface area (Å²) in [5.74, 6) is -0.650. The summed E-state index contributed by atoms with van der Waals surface area (Å²) in [4.78, 5) is 22.5. The molecule has 0 unspecified atom stereocenters. The van der Waals surface area contributed by atoms with Gasteiger partial charge in [-0.3, -0.25) is 9.59 Å². The van der Waals surface area contributed by atoms with Crippen LogP contribution in [0.3, 0.4) is 0 Å². The van der Waals surface area contributed by atoms with Gasteiger partial charge in [-0.15, -0.1) is 10.2 Å². The molecule has 3 N–H and O–H groups in total. The van der Waals surface area contributed by atoms with Gasteiger partial charge in [0.1, 0.15) is 0 Å². The summed E-state index contributed by atoms with van der Waals surface area (Å²) in [5, 5.41) is 16.3. The van der Waals surface area contributed by atoms with Crippen LogP contribution < -0.4 is 16.0 Å². The fourth-order valence-electron chi connectivity index (χ4n) is 0.943. The Hall–Kier alpha value is -1.70. The van der Waals surface area contributed by atoms with Crippen LogP contribution in [-0.2, 0) is 4.79 Å². The summed E-state index contributed by atoms with van der Waals surface area (Å²) < 4.78 is 0. The molecule has 1 heterocycles. The Balaban J connectivity index is 2.46. The highest BCUT2D eigenvalue weighted by Gasteiger charge is 2.12. The first-order chi connectivity index (χ1) is 8.17. The number of aromatic nitrogens is 2. The van der Waals surface area contributed by atoms with Crippen molar-refractivity contribution in [2.75, 3.05) is 25.5 Å². The third kappa shape index (κ3) is 4.35. The Morgan fingerprint density at radius 3 is 2.76 bits per heavy atom. The van der Waals surface area contributed by atoms with Crippen LogP contribution in [0.5, 0.6) is 0 Å². The van der Waals surface area contributed by atoms with E-state index in [0.29, 0.717) is 5.13 Å². The van der Waals surface area contributed by atoms with Crippen molar-refractivity contribution in [2.24, 2.45) is 0 Å². The fraction of sp³-hybridized carbons (Fsp3) is 0.556. The Bertz CT molecular complexity index is 392. The molecule has 8 heteroatoms. The average Bonchev–Trinajstić information content (AvgIpc) is 2.81. The molecule has 0 aliphatic heterocycles. The molecule has 0 saturated heterocycles. The number of likely N-dealkylation sites (N-methyl/N-ethyl adjacent to an activating group) is 1. The number of carbonyl (C=O) groups excluding carboxylic acids is 2. The normalized spacial score (nSPS) is 9.76. The largest absolute Gasteiger partial charge is 0.360 e. The van der Waals surface area contributed by atoms with E-state index in [0.717, 1.165) is 24.3 Å². The molecule has 1 rings (SSSR count). The van der Waals surface area contributed by atoms with Gasteiger partial charge in [0.05, 0.1) is 6.54 Å². The van der Waals surface area contributed by atoms with Gasteiger partial charge in [-0.2, -0.15) is 0 Å². The first kappa shape index (κ1) is 13.4. The second kappa shape index (κ2) is 6.79. The van der Waals surface area contributed by atoms with Gasteiger partial charge in [-0.25, -0.2) is 0 Å². The number of hydrogen-bond acceptors (Lipinski definition) is 6. The maximum absolute atomic E-state index is 11.5. The van der Waals surface area contributed by atoms with Crippen molar-refractivity contribution in [2.45, 2.75) is 13.3 Å². The predicted molar refractivity (Wildman–Crippen MR) is 65.1 cm³/mol. The number of nitrogens with zero attached hydrogens (tertiary/aromatic N) is 2. The topological polar surface area (TPSA) is 96.0 Å². The van der Waals surface area contributed by atoms with Crippen LogP contribution in [-0.4, -0.2) is 42.1 Å². The highest BCUT2D eigenvalue weighted by Crippen LogP contribution is 2.14. The standard InChI is InChI=1S/C9H15N5O2S/c1-3-4-11-9-14-13-8(17-9)7(16)12-5-6(15)10-2/h3-5H2,1-2H3,(H,10,15)(H,11,14)(H,12,16). The molecule has 17 heavy (non-hydrogen) atoms. The van der Waals surface area contributed by atoms with Crippen molar-refractivity contribution < 1.29 is 9.59 Å². The van der Waals surface area contributed by atoms with E-state index in [4.69, 9.17) is 0 Å². The summed E-state index contributed by atoms with van der Waals surface area (Å²) in [6, 6.07) is 0. The lowest BCUT2D eigenvalue weighted by atomic mass is 10.5. The van der Waals surface area contributed by atoms with Crippen molar-refractivity contribution in [3.05, 3.63) is 5.01 Å². The van der Waals surface area contributed by atoms with Crippen molar-refractivity contribution in [1.82, 2.24) is 20.8 Å².